The monoisotopic (exact) mass is 185 g/mol. The maximum Gasteiger partial charge on any atom is 0.0902 e. The van der Waals surface area contributed by atoms with Gasteiger partial charge in [0.1, 0.15) is 0 Å². The van der Waals surface area contributed by atoms with Gasteiger partial charge in [0.15, 0.2) is 0 Å². The molecule has 0 radical (unpaired) electrons. The number of ether oxygens (including phenoxy) is 1. The molecule has 0 atom stereocenters. The van der Waals surface area contributed by atoms with Crippen molar-refractivity contribution in [2.75, 3.05) is 7.11 Å². The normalized spacial score (nSPS) is 9.18. The van der Waals surface area contributed by atoms with Gasteiger partial charge in [0.05, 0.1) is 22.3 Å². The first-order valence-corrected chi connectivity index (χ1v) is 4.30. The van der Waals surface area contributed by atoms with E-state index in [4.69, 9.17) is 4.74 Å². The van der Waals surface area contributed by atoms with E-state index in [1.807, 2.05) is 11.4 Å². The van der Waals surface area contributed by atoms with Crippen LogP contribution in [0.5, 0.6) is 0 Å². The van der Waals surface area contributed by atoms with Crippen molar-refractivity contribution in [1.82, 2.24) is 0 Å². The first-order valence-electron chi connectivity index (χ1n) is 3.01. The van der Waals surface area contributed by atoms with E-state index in [-0.39, 0.29) is 0 Å². The largest absolute Gasteiger partial charge is 0.379 e. The first kappa shape index (κ1) is 8.56. The van der Waals surface area contributed by atoms with Gasteiger partial charge in [-0.3, -0.25) is 0 Å². The number of hydrogen-bond donors (Lipinski definition) is 0. The minimum Gasteiger partial charge on any atom is -0.379 e. The number of rotatable bonds is 3. The number of thiocarbonyl (C=S) groups is 1. The third-order valence-corrected chi connectivity index (χ3v) is 2.14. The van der Waals surface area contributed by atoms with Crippen LogP contribution in [-0.2, 0) is 11.3 Å². The predicted octanol–water partition coefficient (Wildman–Crippen LogP) is 2.63. The van der Waals surface area contributed by atoms with Gasteiger partial charge in [-0.25, -0.2) is 0 Å². The summed E-state index contributed by atoms with van der Waals surface area (Å²) >= 11 is 6.10. The third-order valence-electron chi connectivity index (χ3n) is 1.16. The Balaban J connectivity index is 2.86. The highest BCUT2D eigenvalue weighted by Crippen LogP contribution is 2.25. The molecule has 11 heavy (non-hydrogen) atoms. The zero-order valence-corrected chi connectivity index (χ0v) is 7.67. The maximum absolute atomic E-state index is 4.96. The number of isothiocyanates is 1. The van der Waals surface area contributed by atoms with Gasteiger partial charge in [0.25, 0.3) is 0 Å². The summed E-state index contributed by atoms with van der Waals surface area (Å²) in [4.78, 5) is 4.97. The van der Waals surface area contributed by atoms with E-state index >= 15 is 0 Å². The van der Waals surface area contributed by atoms with Crippen LogP contribution in [0.2, 0.25) is 0 Å². The first-order chi connectivity index (χ1) is 5.38. The summed E-state index contributed by atoms with van der Waals surface area (Å²) in [6, 6.07) is 1.90. The van der Waals surface area contributed by atoms with Gasteiger partial charge < -0.3 is 4.74 Å². The summed E-state index contributed by atoms with van der Waals surface area (Å²) in [5.41, 5.74) is 0.867. The lowest BCUT2D eigenvalue weighted by molar-refractivity contribution is 0.188. The molecule has 1 rings (SSSR count). The van der Waals surface area contributed by atoms with E-state index in [1.165, 1.54) is 0 Å². The molecular formula is C7H7NOS2. The van der Waals surface area contributed by atoms with Crippen molar-refractivity contribution in [2.24, 2.45) is 4.99 Å². The van der Waals surface area contributed by atoms with Crippen LogP contribution in [-0.4, -0.2) is 12.3 Å². The minimum absolute atomic E-state index is 0.591. The lowest BCUT2D eigenvalue weighted by Crippen LogP contribution is -1.81. The van der Waals surface area contributed by atoms with Gasteiger partial charge in [-0.1, -0.05) is 0 Å². The van der Waals surface area contributed by atoms with Crippen molar-refractivity contribution in [3.8, 4) is 0 Å². The lowest BCUT2D eigenvalue weighted by atomic mass is 10.4. The van der Waals surface area contributed by atoms with Crippen LogP contribution >= 0.6 is 23.6 Å². The molecular weight excluding hydrogens is 178 g/mol. The molecule has 58 valence electrons. The maximum atomic E-state index is 4.96. The molecule has 0 unspecified atom stereocenters. The second kappa shape index (κ2) is 4.36. The van der Waals surface area contributed by atoms with Crippen LogP contribution in [0.15, 0.2) is 16.4 Å². The van der Waals surface area contributed by atoms with Crippen molar-refractivity contribution in [1.29, 1.82) is 0 Å². The summed E-state index contributed by atoms with van der Waals surface area (Å²) in [7, 11) is 1.66. The van der Waals surface area contributed by atoms with Crippen molar-refractivity contribution in [3.63, 3.8) is 0 Å². The molecule has 0 saturated carbocycles. The van der Waals surface area contributed by atoms with Gasteiger partial charge in [-0.05, 0) is 23.7 Å². The molecule has 1 aromatic heterocycles. The molecule has 1 aromatic rings. The van der Waals surface area contributed by atoms with E-state index in [2.05, 4.69) is 22.4 Å². The second-order valence-corrected chi connectivity index (χ2v) is 3.05. The Morgan fingerprint density at radius 1 is 1.82 bits per heavy atom. The molecule has 0 aliphatic rings. The zero-order chi connectivity index (χ0) is 8.10. The average molecular weight is 185 g/mol. The molecule has 0 aliphatic carbocycles. The van der Waals surface area contributed by atoms with Gasteiger partial charge in [0.2, 0.25) is 0 Å². The predicted molar refractivity (Wildman–Crippen MR) is 49.7 cm³/mol. The number of aliphatic imine (C=N–C) groups is 1. The Bertz CT molecular complexity index is 276. The van der Waals surface area contributed by atoms with Gasteiger partial charge >= 0.3 is 0 Å². The fourth-order valence-corrected chi connectivity index (χ4v) is 1.60. The van der Waals surface area contributed by atoms with Gasteiger partial charge in [0, 0.05) is 7.11 Å². The molecule has 0 aromatic carbocycles. The quantitative estimate of drug-likeness (QED) is 0.533. The number of hydrogen-bond acceptors (Lipinski definition) is 4. The molecule has 0 N–H and O–H groups in total. The van der Waals surface area contributed by atoms with E-state index < -0.39 is 0 Å². The van der Waals surface area contributed by atoms with E-state index in [0.717, 1.165) is 10.6 Å². The Morgan fingerprint density at radius 2 is 2.64 bits per heavy atom. The average Bonchev–Trinajstić information content (AvgIpc) is 2.39. The highest BCUT2D eigenvalue weighted by Gasteiger charge is 2.00. The van der Waals surface area contributed by atoms with Crippen LogP contribution < -0.4 is 0 Å². The molecule has 1 heterocycles. The molecule has 2 nitrogen and oxygen atoms in total. The molecule has 0 amide bonds. The van der Waals surface area contributed by atoms with Gasteiger partial charge in [-0.2, -0.15) is 4.99 Å². The Hall–Kier alpha value is -0.540. The molecule has 0 spiro atoms. The van der Waals surface area contributed by atoms with Crippen molar-refractivity contribution < 1.29 is 4.74 Å². The number of methoxy groups -OCH3 is 1. The molecule has 0 saturated heterocycles. The SMILES string of the molecule is COCc1sccc1N=C=S. The molecule has 0 aliphatic heterocycles. The lowest BCUT2D eigenvalue weighted by Gasteiger charge is -1.93. The Labute approximate surface area is 74.5 Å². The summed E-state index contributed by atoms with van der Waals surface area (Å²) < 4.78 is 4.96. The zero-order valence-electron chi connectivity index (χ0n) is 6.03. The van der Waals surface area contributed by atoms with Crippen molar-refractivity contribution >= 4 is 34.4 Å². The van der Waals surface area contributed by atoms with Crippen molar-refractivity contribution in [2.45, 2.75) is 6.61 Å². The Morgan fingerprint density at radius 3 is 3.27 bits per heavy atom. The second-order valence-electron chi connectivity index (χ2n) is 1.87. The Kier molecular flexibility index (Phi) is 3.39. The summed E-state index contributed by atoms with van der Waals surface area (Å²) in [6.07, 6.45) is 0. The van der Waals surface area contributed by atoms with Crippen molar-refractivity contribution in [3.05, 3.63) is 16.3 Å². The van der Waals surface area contributed by atoms with Crippen LogP contribution in [0.3, 0.4) is 0 Å². The highest BCUT2D eigenvalue weighted by molar-refractivity contribution is 7.78. The van der Waals surface area contributed by atoms with E-state index in [9.17, 15) is 0 Å². The van der Waals surface area contributed by atoms with Gasteiger partial charge in [-0.15, -0.1) is 11.3 Å². The molecule has 4 heteroatoms. The standard InChI is InChI=1S/C7H7NOS2/c1-9-4-7-6(8-5-10)2-3-11-7/h2-3H,4H2,1H3. The van der Waals surface area contributed by atoms with E-state index in [1.54, 1.807) is 18.4 Å². The summed E-state index contributed by atoms with van der Waals surface area (Å²) in [6.45, 7) is 0.591. The number of nitrogens with zero attached hydrogens (tertiary/aromatic N) is 1. The summed E-state index contributed by atoms with van der Waals surface area (Å²) in [5.74, 6) is 0. The number of thiophene rings is 1. The fourth-order valence-electron chi connectivity index (χ4n) is 0.722. The molecule has 0 fully saturated rings. The van der Waals surface area contributed by atoms with E-state index in [0.29, 0.717) is 6.61 Å². The highest BCUT2D eigenvalue weighted by atomic mass is 32.1. The minimum atomic E-state index is 0.591. The van der Waals surface area contributed by atoms with Crippen LogP contribution in [0.4, 0.5) is 5.69 Å². The molecule has 0 bridgehead atoms. The third kappa shape index (κ3) is 2.20. The fraction of sp³-hybridized carbons (Fsp3) is 0.286. The summed E-state index contributed by atoms with van der Waals surface area (Å²) in [5, 5.41) is 4.29. The topological polar surface area (TPSA) is 21.6 Å². The van der Waals surface area contributed by atoms with Crippen LogP contribution in [0, 0.1) is 0 Å². The van der Waals surface area contributed by atoms with Crippen LogP contribution in [0.25, 0.3) is 0 Å². The van der Waals surface area contributed by atoms with Crippen LogP contribution in [0.1, 0.15) is 4.88 Å². The smallest absolute Gasteiger partial charge is 0.0902 e.